The van der Waals surface area contributed by atoms with Crippen LogP contribution in [-0.2, 0) is 9.53 Å². The Bertz CT molecular complexity index is 1520. The van der Waals surface area contributed by atoms with E-state index in [1.54, 1.807) is 41.2 Å². The molecule has 2 heterocycles. The zero-order valence-electron chi connectivity index (χ0n) is 18.3. The number of esters is 1. The van der Waals surface area contributed by atoms with Crippen molar-refractivity contribution in [3.8, 4) is 11.3 Å². The molecule has 7 nitrogen and oxygen atoms in total. The topological polar surface area (TPSA) is 85.6 Å². The molecular formula is C26H20N4O3S. The largest absolute Gasteiger partial charge is 0.465 e. The molecule has 0 spiro atoms. The van der Waals surface area contributed by atoms with Crippen molar-refractivity contribution in [3.05, 3.63) is 90.8 Å². The second-order valence-electron chi connectivity index (χ2n) is 7.49. The van der Waals surface area contributed by atoms with E-state index >= 15 is 0 Å². The summed E-state index contributed by atoms with van der Waals surface area (Å²) in [4.78, 5) is 29.0. The maximum Gasteiger partial charge on any atom is 0.339 e. The van der Waals surface area contributed by atoms with Crippen molar-refractivity contribution in [1.29, 1.82) is 0 Å². The van der Waals surface area contributed by atoms with E-state index in [2.05, 4.69) is 34.6 Å². The van der Waals surface area contributed by atoms with Crippen LogP contribution in [0, 0.1) is 0 Å². The third kappa shape index (κ3) is 4.23. The number of benzene rings is 3. The molecule has 0 fully saturated rings. The van der Waals surface area contributed by atoms with Crippen molar-refractivity contribution in [3.63, 3.8) is 0 Å². The Balaban J connectivity index is 1.38. The van der Waals surface area contributed by atoms with E-state index in [0.29, 0.717) is 16.3 Å². The number of anilines is 1. The van der Waals surface area contributed by atoms with Crippen LogP contribution in [0.15, 0.2) is 90.2 Å². The van der Waals surface area contributed by atoms with Crippen molar-refractivity contribution in [1.82, 2.24) is 14.6 Å². The molecule has 0 saturated carbocycles. The van der Waals surface area contributed by atoms with Gasteiger partial charge in [-0.25, -0.2) is 14.3 Å². The monoisotopic (exact) mass is 468 g/mol. The molecule has 3 aromatic carbocycles. The van der Waals surface area contributed by atoms with Gasteiger partial charge in [-0.3, -0.25) is 4.79 Å². The van der Waals surface area contributed by atoms with Gasteiger partial charge >= 0.3 is 5.97 Å². The van der Waals surface area contributed by atoms with E-state index < -0.39 is 5.97 Å². The van der Waals surface area contributed by atoms with E-state index in [4.69, 9.17) is 9.84 Å². The average molecular weight is 469 g/mol. The summed E-state index contributed by atoms with van der Waals surface area (Å²) >= 11 is 1.31. The fourth-order valence-corrected chi connectivity index (χ4v) is 4.57. The molecule has 5 rings (SSSR count). The van der Waals surface area contributed by atoms with E-state index in [1.807, 2.05) is 24.3 Å². The summed E-state index contributed by atoms with van der Waals surface area (Å²) in [5.74, 6) is -0.633. The highest BCUT2D eigenvalue weighted by atomic mass is 32.2. The number of hydrogen-bond donors (Lipinski definition) is 1. The number of para-hydroxylation sites is 1. The second kappa shape index (κ2) is 9.36. The number of amides is 1. The zero-order valence-corrected chi connectivity index (χ0v) is 19.1. The number of rotatable bonds is 6. The van der Waals surface area contributed by atoms with Crippen LogP contribution in [0.25, 0.3) is 27.5 Å². The minimum absolute atomic E-state index is 0.122. The van der Waals surface area contributed by atoms with Crippen molar-refractivity contribution in [2.24, 2.45) is 0 Å². The molecule has 5 aromatic rings. The predicted octanol–water partition coefficient (Wildman–Crippen LogP) is 5.07. The molecule has 0 atom stereocenters. The van der Waals surface area contributed by atoms with E-state index in [1.165, 1.54) is 18.9 Å². The first-order valence-corrected chi connectivity index (χ1v) is 11.5. The van der Waals surface area contributed by atoms with Gasteiger partial charge in [-0.2, -0.15) is 5.10 Å². The van der Waals surface area contributed by atoms with Crippen molar-refractivity contribution < 1.29 is 14.3 Å². The Hall–Kier alpha value is -4.17. The lowest BCUT2D eigenvalue weighted by Gasteiger charge is -2.09. The highest BCUT2D eigenvalue weighted by molar-refractivity contribution is 8.00. The molecule has 0 saturated heterocycles. The third-order valence-corrected chi connectivity index (χ3v) is 6.36. The van der Waals surface area contributed by atoms with Gasteiger partial charge in [-0.15, -0.1) is 0 Å². The first-order chi connectivity index (χ1) is 16.6. The highest BCUT2D eigenvalue weighted by Crippen LogP contribution is 2.30. The Morgan fingerprint density at radius 1 is 1.03 bits per heavy atom. The normalized spacial score (nSPS) is 11.0. The third-order valence-electron chi connectivity index (χ3n) is 5.37. The lowest BCUT2D eigenvalue weighted by molar-refractivity contribution is -0.113. The molecule has 0 unspecified atom stereocenters. The lowest BCUT2D eigenvalue weighted by atomic mass is 10.0. The summed E-state index contributed by atoms with van der Waals surface area (Å²) in [6.07, 6.45) is 3.46. The molecule has 34 heavy (non-hydrogen) atoms. The molecule has 8 heteroatoms. The summed E-state index contributed by atoms with van der Waals surface area (Å²) in [5.41, 5.74) is 3.41. The van der Waals surface area contributed by atoms with Gasteiger partial charge < -0.3 is 10.1 Å². The van der Waals surface area contributed by atoms with Gasteiger partial charge in [-0.05, 0) is 29.0 Å². The maximum absolute atomic E-state index is 12.6. The number of thioether (sulfide) groups is 1. The maximum atomic E-state index is 12.6. The van der Waals surface area contributed by atoms with E-state index in [-0.39, 0.29) is 11.7 Å². The Morgan fingerprint density at radius 2 is 1.82 bits per heavy atom. The van der Waals surface area contributed by atoms with Gasteiger partial charge in [0.2, 0.25) is 5.91 Å². The number of aromatic nitrogens is 3. The minimum Gasteiger partial charge on any atom is -0.465 e. The number of hydrogen-bond acceptors (Lipinski definition) is 6. The van der Waals surface area contributed by atoms with Crippen LogP contribution in [-0.4, -0.2) is 39.3 Å². The standard InChI is InChI=1S/C26H20N4O3S/c1-33-26(32)20-10-4-5-12-21(20)28-24(31)16-34-25-23-15-22(29-30(23)14-13-27-25)19-11-6-8-17-7-2-3-9-18(17)19/h2-15H,16H2,1H3,(H,28,31). The van der Waals surface area contributed by atoms with Crippen molar-refractivity contribution in [2.75, 3.05) is 18.2 Å². The number of fused-ring (bicyclic) bond motifs is 2. The first-order valence-electron chi connectivity index (χ1n) is 10.6. The summed E-state index contributed by atoms with van der Waals surface area (Å²) in [7, 11) is 1.31. The second-order valence-corrected chi connectivity index (χ2v) is 8.46. The fraction of sp³-hybridized carbons (Fsp3) is 0.0769. The molecular weight excluding hydrogens is 448 g/mol. The van der Waals surface area contributed by atoms with Crippen LogP contribution < -0.4 is 5.32 Å². The van der Waals surface area contributed by atoms with Crippen molar-refractivity contribution >= 4 is 45.6 Å². The van der Waals surface area contributed by atoms with E-state index in [0.717, 1.165) is 27.5 Å². The van der Waals surface area contributed by atoms with Crippen LogP contribution >= 0.6 is 11.8 Å². The van der Waals surface area contributed by atoms with Gasteiger partial charge in [0.1, 0.15) is 5.03 Å². The summed E-state index contributed by atoms with van der Waals surface area (Å²) < 4.78 is 6.56. The highest BCUT2D eigenvalue weighted by Gasteiger charge is 2.15. The van der Waals surface area contributed by atoms with E-state index in [9.17, 15) is 9.59 Å². The number of nitrogens with zero attached hydrogens (tertiary/aromatic N) is 3. The number of nitrogens with one attached hydrogen (secondary N) is 1. The lowest BCUT2D eigenvalue weighted by Crippen LogP contribution is -2.17. The van der Waals surface area contributed by atoms with Crippen LogP contribution in [0.1, 0.15) is 10.4 Å². The molecule has 0 aliphatic carbocycles. The van der Waals surface area contributed by atoms with Crippen LogP contribution in [0.2, 0.25) is 0 Å². The zero-order chi connectivity index (χ0) is 23.5. The fourth-order valence-electron chi connectivity index (χ4n) is 3.79. The average Bonchev–Trinajstić information content (AvgIpc) is 3.32. The van der Waals surface area contributed by atoms with Crippen LogP contribution in [0.4, 0.5) is 5.69 Å². The minimum atomic E-state index is -0.504. The Morgan fingerprint density at radius 3 is 2.71 bits per heavy atom. The number of carbonyl (C=O) groups is 2. The molecule has 168 valence electrons. The smallest absolute Gasteiger partial charge is 0.339 e. The summed E-state index contributed by atoms with van der Waals surface area (Å²) in [6, 6.07) is 23.1. The molecule has 0 bridgehead atoms. The van der Waals surface area contributed by atoms with Crippen LogP contribution in [0.3, 0.4) is 0 Å². The van der Waals surface area contributed by atoms with Gasteiger partial charge in [-0.1, -0.05) is 66.4 Å². The van der Waals surface area contributed by atoms with Gasteiger partial charge in [0.25, 0.3) is 0 Å². The van der Waals surface area contributed by atoms with Gasteiger partial charge in [0, 0.05) is 18.0 Å². The SMILES string of the molecule is COC(=O)c1ccccc1NC(=O)CSc1nccn2nc(-c3cccc4ccccc34)cc12. The molecule has 0 aliphatic heterocycles. The predicted molar refractivity (Wildman–Crippen MR) is 133 cm³/mol. The number of carbonyl (C=O) groups excluding carboxylic acids is 2. The summed E-state index contributed by atoms with van der Waals surface area (Å²) in [6.45, 7) is 0. The molecule has 1 N–H and O–H groups in total. The van der Waals surface area contributed by atoms with Gasteiger partial charge in [0.15, 0.2) is 0 Å². The van der Waals surface area contributed by atoms with Gasteiger partial charge in [0.05, 0.1) is 35.3 Å². The molecule has 1 amide bonds. The Labute approximate surface area is 199 Å². The molecule has 0 radical (unpaired) electrons. The van der Waals surface area contributed by atoms with Crippen molar-refractivity contribution in [2.45, 2.75) is 5.03 Å². The Kier molecular flexibility index (Phi) is 5.97. The van der Waals surface area contributed by atoms with Crippen LogP contribution in [0.5, 0.6) is 0 Å². The first kappa shape index (κ1) is 21.7. The molecule has 2 aromatic heterocycles. The quantitative estimate of drug-likeness (QED) is 0.277. The molecule has 0 aliphatic rings. The summed E-state index contributed by atoms with van der Waals surface area (Å²) in [5, 5.41) is 10.5. The number of ether oxygens (including phenoxy) is 1. The number of methoxy groups -OCH3 is 1.